The molecule has 126 valence electrons. The van der Waals surface area contributed by atoms with E-state index in [4.69, 9.17) is 11.5 Å². The predicted molar refractivity (Wildman–Crippen MR) is 97.7 cm³/mol. The molecule has 2 aromatic carbocycles. The number of anilines is 2. The zero-order chi connectivity index (χ0) is 16.9. The number of piperidine rings is 1. The lowest BCUT2D eigenvalue weighted by Crippen LogP contribution is -2.41. The van der Waals surface area contributed by atoms with E-state index in [1.54, 1.807) is 18.2 Å². The molecule has 2 aromatic rings. The van der Waals surface area contributed by atoms with E-state index in [0.29, 0.717) is 11.3 Å². The number of nitrogens with two attached hydrogens (primary N) is 2. The number of likely N-dealkylation sites (tertiary alicyclic amines) is 1. The van der Waals surface area contributed by atoms with E-state index >= 15 is 0 Å². The van der Waals surface area contributed by atoms with Gasteiger partial charge in [-0.1, -0.05) is 30.3 Å². The molecule has 0 spiro atoms. The third-order valence-electron chi connectivity index (χ3n) is 4.42. The molecule has 0 aliphatic carbocycles. The third kappa shape index (κ3) is 4.06. The van der Waals surface area contributed by atoms with Crippen molar-refractivity contribution in [2.45, 2.75) is 25.4 Å². The second kappa shape index (κ2) is 7.36. The SMILES string of the molecule is NC(=O)c1ccc(N)cc1NC1CCCN(Cc2ccccc2)C1. The van der Waals surface area contributed by atoms with Crippen LogP contribution in [0.25, 0.3) is 0 Å². The molecule has 1 amide bonds. The average molecular weight is 324 g/mol. The number of benzene rings is 2. The first kappa shape index (κ1) is 16.3. The normalized spacial score (nSPS) is 18.2. The van der Waals surface area contributed by atoms with Crippen LogP contribution in [-0.4, -0.2) is 29.9 Å². The minimum absolute atomic E-state index is 0.280. The highest BCUT2D eigenvalue weighted by atomic mass is 16.1. The van der Waals surface area contributed by atoms with Crippen molar-refractivity contribution in [2.75, 3.05) is 24.1 Å². The average Bonchev–Trinajstić information content (AvgIpc) is 2.56. The molecule has 0 saturated carbocycles. The van der Waals surface area contributed by atoms with Gasteiger partial charge in [0.1, 0.15) is 0 Å². The first-order valence-corrected chi connectivity index (χ1v) is 8.34. The number of primary amides is 1. The fraction of sp³-hybridized carbons (Fsp3) is 0.316. The van der Waals surface area contributed by atoms with Gasteiger partial charge in [0.2, 0.25) is 0 Å². The standard InChI is InChI=1S/C19H24N4O/c20-15-8-9-17(19(21)24)18(11-15)22-16-7-4-10-23(13-16)12-14-5-2-1-3-6-14/h1-3,5-6,8-9,11,16,22H,4,7,10,12-13,20H2,(H2,21,24). The summed E-state index contributed by atoms with van der Waals surface area (Å²) in [6, 6.07) is 15.9. The topological polar surface area (TPSA) is 84.4 Å². The van der Waals surface area contributed by atoms with Crippen molar-refractivity contribution < 1.29 is 4.79 Å². The van der Waals surface area contributed by atoms with Gasteiger partial charge < -0.3 is 16.8 Å². The van der Waals surface area contributed by atoms with Gasteiger partial charge in [-0.15, -0.1) is 0 Å². The van der Waals surface area contributed by atoms with E-state index in [0.717, 1.165) is 38.2 Å². The van der Waals surface area contributed by atoms with E-state index in [-0.39, 0.29) is 6.04 Å². The van der Waals surface area contributed by atoms with Gasteiger partial charge in [-0.3, -0.25) is 9.69 Å². The summed E-state index contributed by atoms with van der Waals surface area (Å²) in [4.78, 5) is 14.0. The quantitative estimate of drug-likeness (QED) is 0.738. The molecule has 1 atom stereocenters. The summed E-state index contributed by atoms with van der Waals surface area (Å²) in [5.41, 5.74) is 14.5. The Morgan fingerprint density at radius 2 is 2.00 bits per heavy atom. The summed E-state index contributed by atoms with van der Waals surface area (Å²) in [6.45, 7) is 2.97. The van der Waals surface area contributed by atoms with Crippen LogP contribution in [0.3, 0.4) is 0 Å². The van der Waals surface area contributed by atoms with E-state index in [9.17, 15) is 4.79 Å². The zero-order valence-corrected chi connectivity index (χ0v) is 13.7. The monoisotopic (exact) mass is 324 g/mol. The molecule has 5 heteroatoms. The van der Waals surface area contributed by atoms with Crippen molar-refractivity contribution in [3.05, 3.63) is 59.7 Å². The van der Waals surface area contributed by atoms with E-state index in [2.05, 4.69) is 34.5 Å². The Kier molecular flexibility index (Phi) is 5.01. The first-order chi connectivity index (χ1) is 11.6. The molecule has 3 rings (SSSR count). The van der Waals surface area contributed by atoms with Crippen molar-refractivity contribution in [1.82, 2.24) is 4.90 Å². The summed E-state index contributed by atoms with van der Waals surface area (Å²) in [7, 11) is 0. The fourth-order valence-corrected chi connectivity index (χ4v) is 3.27. The molecule has 1 fully saturated rings. The van der Waals surface area contributed by atoms with E-state index < -0.39 is 5.91 Å². The van der Waals surface area contributed by atoms with E-state index in [1.807, 2.05) is 6.07 Å². The number of hydrogen-bond donors (Lipinski definition) is 3. The third-order valence-corrected chi connectivity index (χ3v) is 4.42. The van der Waals surface area contributed by atoms with Crippen molar-refractivity contribution in [3.8, 4) is 0 Å². The van der Waals surface area contributed by atoms with Gasteiger partial charge in [0.05, 0.1) is 5.56 Å². The highest BCUT2D eigenvalue weighted by Gasteiger charge is 2.21. The van der Waals surface area contributed by atoms with Crippen LogP contribution in [0.1, 0.15) is 28.8 Å². The number of carbonyl (C=O) groups is 1. The Bertz CT molecular complexity index is 702. The lowest BCUT2D eigenvalue weighted by atomic mass is 10.0. The highest BCUT2D eigenvalue weighted by molar-refractivity contribution is 5.99. The maximum absolute atomic E-state index is 11.6. The molecule has 5 nitrogen and oxygen atoms in total. The Morgan fingerprint density at radius 3 is 2.75 bits per heavy atom. The lowest BCUT2D eigenvalue weighted by molar-refractivity contribution is 0.100. The molecule has 5 N–H and O–H groups in total. The molecular weight excluding hydrogens is 300 g/mol. The number of amides is 1. The molecular formula is C19H24N4O. The van der Waals surface area contributed by atoms with Crippen molar-refractivity contribution in [2.24, 2.45) is 5.73 Å². The molecule has 1 aliphatic rings. The molecule has 1 heterocycles. The van der Waals surface area contributed by atoms with Crippen molar-refractivity contribution in [3.63, 3.8) is 0 Å². The van der Waals surface area contributed by atoms with Gasteiger partial charge in [0.25, 0.3) is 5.91 Å². The minimum Gasteiger partial charge on any atom is -0.399 e. The predicted octanol–water partition coefficient (Wildman–Crippen LogP) is 2.44. The number of hydrogen-bond acceptors (Lipinski definition) is 4. The van der Waals surface area contributed by atoms with Crippen LogP contribution in [0.5, 0.6) is 0 Å². The van der Waals surface area contributed by atoms with E-state index in [1.165, 1.54) is 5.56 Å². The van der Waals surface area contributed by atoms with Gasteiger partial charge in [-0.25, -0.2) is 0 Å². The molecule has 0 aromatic heterocycles. The Hall–Kier alpha value is -2.53. The molecule has 24 heavy (non-hydrogen) atoms. The summed E-state index contributed by atoms with van der Waals surface area (Å²) < 4.78 is 0. The summed E-state index contributed by atoms with van der Waals surface area (Å²) in [6.07, 6.45) is 2.19. The summed E-state index contributed by atoms with van der Waals surface area (Å²) >= 11 is 0. The Labute approximate surface area is 142 Å². The number of nitrogens with one attached hydrogen (secondary N) is 1. The van der Waals surface area contributed by atoms with Crippen molar-refractivity contribution >= 4 is 17.3 Å². The van der Waals surface area contributed by atoms with Crippen LogP contribution in [0.15, 0.2) is 48.5 Å². The number of carbonyl (C=O) groups excluding carboxylic acids is 1. The maximum Gasteiger partial charge on any atom is 0.250 e. The smallest absolute Gasteiger partial charge is 0.250 e. The van der Waals surface area contributed by atoms with Gasteiger partial charge in [-0.05, 0) is 43.1 Å². The maximum atomic E-state index is 11.6. The summed E-state index contributed by atoms with van der Waals surface area (Å²) in [5.74, 6) is -0.436. The number of rotatable bonds is 5. The molecule has 0 radical (unpaired) electrons. The second-order valence-corrected chi connectivity index (χ2v) is 6.37. The van der Waals surface area contributed by atoms with Crippen LogP contribution in [0, 0.1) is 0 Å². The highest BCUT2D eigenvalue weighted by Crippen LogP contribution is 2.23. The minimum atomic E-state index is -0.436. The van der Waals surface area contributed by atoms with Crippen LogP contribution in [0.2, 0.25) is 0 Å². The Morgan fingerprint density at radius 1 is 1.21 bits per heavy atom. The number of nitrogens with zero attached hydrogens (tertiary/aromatic N) is 1. The van der Waals surface area contributed by atoms with Gasteiger partial charge in [-0.2, -0.15) is 0 Å². The molecule has 1 saturated heterocycles. The van der Waals surface area contributed by atoms with Gasteiger partial charge in [0, 0.05) is 30.5 Å². The second-order valence-electron chi connectivity index (χ2n) is 6.37. The summed E-state index contributed by atoms with van der Waals surface area (Å²) in [5, 5.41) is 3.46. The first-order valence-electron chi connectivity index (χ1n) is 8.34. The zero-order valence-electron chi connectivity index (χ0n) is 13.7. The molecule has 1 aliphatic heterocycles. The largest absolute Gasteiger partial charge is 0.399 e. The van der Waals surface area contributed by atoms with Crippen LogP contribution >= 0.6 is 0 Å². The van der Waals surface area contributed by atoms with Crippen molar-refractivity contribution in [1.29, 1.82) is 0 Å². The van der Waals surface area contributed by atoms with Crippen LogP contribution in [0.4, 0.5) is 11.4 Å². The Balaban J connectivity index is 1.67. The molecule has 1 unspecified atom stereocenters. The van der Waals surface area contributed by atoms with Crippen LogP contribution < -0.4 is 16.8 Å². The van der Waals surface area contributed by atoms with Crippen LogP contribution in [-0.2, 0) is 6.54 Å². The number of nitrogen functional groups attached to an aromatic ring is 1. The van der Waals surface area contributed by atoms with Gasteiger partial charge >= 0.3 is 0 Å². The fourth-order valence-electron chi connectivity index (χ4n) is 3.27. The lowest BCUT2D eigenvalue weighted by Gasteiger charge is -2.34. The van der Waals surface area contributed by atoms with Gasteiger partial charge in [0.15, 0.2) is 0 Å². The molecule has 0 bridgehead atoms.